The fourth-order valence-corrected chi connectivity index (χ4v) is 3.78. The molecule has 0 spiro atoms. The highest BCUT2D eigenvalue weighted by atomic mass is 16.5. The maximum Gasteiger partial charge on any atom is 0.337 e. The van der Waals surface area contributed by atoms with Crippen molar-refractivity contribution in [2.45, 2.75) is 26.3 Å². The van der Waals surface area contributed by atoms with Crippen LogP contribution in [0, 0.1) is 0 Å². The minimum atomic E-state index is -0.364. The molecule has 1 aromatic carbocycles. The average molecular weight is 402 g/mol. The normalized spacial score (nSPS) is 20.2. The van der Waals surface area contributed by atoms with Gasteiger partial charge in [0, 0.05) is 50.2 Å². The van der Waals surface area contributed by atoms with Gasteiger partial charge in [0.15, 0.2) is 0 Å². The number of hydrogen-bond donors (Lipinski definition) is 2. The van der Waals surface area contributed by atoms with Crippen LogP contribution >= 0.6 is 0 Å². The second-order valence-corrected chi connectivity index (χ2v) is 7.14. The lowest BCUT2D eigenvalue weighted by Gasteiger charge is -2.38. The summed E-state index contributed by atoms with van der Waals surface area (Å²) in [6.07, 6.45) is 0.634. The number of amides is 2. The second-order valence-electron chi connectivity index (χ2n) is 7.14. The summed E-state index contributed by atoms with van der Waals surface area (Å²) < 4.78 is 10.6. The van der Waals surface area contributed by atoms with E-state index in [1.807, 2.05) is 25.1 Å². The second kappa shape index (κ2) is 9.65. The summed E-state index contributed by atoms with van der Waals surface area (Å²) in [7, 11) is 1.67. The molecule has 1 fully saturated rings. The molecule has 2 aliphatic rings. The Labute approximate surface area is 171 Å². The Balaban J connectivity index is 1.69. The molecule has 2 aliphatic heterocycles. The number of esters is 1. The summed E-state index contributed by atoms with van der Waals surface area (Å²) in [6, 6.07) is 7.46. The number of ether oxygens (including phenoxy) is 2. The number of benzene rings is 1. The fraction of sp³-hybridized carbons (Fsp3) is 0.524. The van der Waals surface area contributed by atoms with Crippen LogP contribution in [0.5, 0.6) is 5.75 Å². The van der Waals surface area contributed by atoms with Crippen LogP contribution in [-0.2, 0) is 9.53 Å². The van der Waals surface area contributed by atoms with Crippen LogP contribution in [0.4, 0.5) is 10.5 Å². The molecule has 3 rings (SSSR count). The fourth-order valence-electron chi connectivity index (χ4n) is 3.78. The van der Waals surface area contributed by atoms with Gasteiger partial charge in [0.25, 0.3) is 0 Å². The highest BCUT2D eigenvalue weighted by Crippen LogP contribution is 2.23. The van der Waals surface area contributed by atoms with Crippen molar-refractivity contribution in [2.75, 3.05) is 51.3 Å². The van der Waals surface area contributed by atoms with E-state index in [9.17, 15) is 9.59 Å². The molecule has 0 unspecified atom stereocenters. The van der Waals surface area contributed by atoms with Gasteiger partial charge in [0.05, 0.1) is 25.3 Å². The molecule has 1 atom stereocenters. The highest BCUT2D eigenvalue weighted by molar-refractivity contribution is 5.94. The van der Waals surface area contributed by atoms with E-state index >= 15 is 0 Å². The number of carbonyl (C=O) groups is 2. The molecule has 0 bridgehead atoms. The summed E-state index contributed by atoms with van der Waals surface area (Å²) in [5.41, 5.74) is 2.31. The molecule has 2 amide bonds. The first-order chi connectivity index (χ1) is 14.0. The van der Waals surface area contributed by atoms with Crippen molar-refractivity contribution in [3.05, 3.63) is 35.5 Å². The van der Waals surface area contributed by atoms with Gasteiger partial charge in [-0.05, 0) is 25.5 Å². The first-order valence-electron chi connectivity index (χ1n) is 10.1. The molecule has 0 radical (unpaired) electrons. The zero-order chi connectivity index (χ0) is 20.8. The van der Waals surface area contributed by atoms with Crippen LogP contribution in [0.3, 0.4) is 0 Å². The van der Waals surface area contributed by atoms with Gasteiger partial charge in [-0.1, -0.05) is 13.0 Å². The Morgan fingerprint density at radius 3 is 2.62 bits per heavy atom. The summed E-state index contributed by atoms with van der Waals surface area (Å²) in [5.74, 6) is 0.481. The summed E-state index contributed by atoms with van der Waals surface area (Å²) in [5, 5.41) is 5.65. The number of urea groups is 1. The van der Waals surface area contributed by atoms with Crippen LogP contribution in [0.25, 0.3) is 0 Å². The van der Waals surface area contributed by atoms with Crippen molar-refractivity contribution in [3.63, 3.8) is 0 Å². The van der Waals surface area contributed by atoms with Crippen molar-refractivity contribution >= 4 is 17.7 Å². The number of hydrogen-bond acceptors (Lipinski definition) is 6. The lowest BCUT2D eigenvalue weighted by Crippen LogP contribution is -2.54. The number of rotatable bonds is 7. The maximum atomic E-state index is 12.5. The first kappa shape index (κ1) is 21.0. The first-order valence-corrected chi connectivity index (χ1v) is 10.1. The third kappa shape index (κ3) is 5.00. The van der Waals surface area contributed by atoms with E-state index in [2.05, 4.69) is 26.5 Å². The standard InChI is InChI=1S/C21H30N4O4/c1-4-17-19(20(26)29-5-2)18(23-21(27)22-17)14-24-9-11-25(12-10-24)15-7-6-8-16(13-15)28-3/h6-8,13,17H,4-5,9-12,14H2,1-3H3,(H2,22,23,27)/t17-/m1/s1. The molecular formula is C21H30N4O4. The number of anilines is 1. The predicted octanol–water partition coefficient (Wildman–Crippen LogP) is 1.73. The van der Waals surface area contributed by atoms with Crippen LogP contribution in [0.2, 0.25) is 0 Å². The molecule has 8 heteroatoms. The van der Waals surface area contributed by atoms with Gasteiger partial charge >= 0.3 is 12.0 Å². The summed E-state index contributed by atoms with van der Waals surface area (Å²) in [6.45, 7) is 7.93. The molecule has 0 saturated carbocycles. The molecule has 2 heterocycles. The molecule has 8 nitrogen and oxygen atoms in total. The Kier molecular flexibility index (Phi) is 6.98. The number of piperazine rings is 1. The van der Waals surface area contributed by atoms with Gasteiger partial charge in [-0.25, -0.2) is 9.59 Å². The smallest absolute Gasteiger partial charge is 0.337 e. The third-order valence-electron chi connectivity index (χ3n) is 5.32. The average Bonchev–Trinajstić information content (AvgIpc) is 2.74. The van der Waals surface area contributed by atoms with Gasteiger partial charge in [0.1, 0.15) is 5.75 Å². The number of carbonyl (C=O) groups excluding carboxylic acids is 2. The minimum absolute atomic E-state index is 0.269. The molecular weight excluding hydrogens is 372 g/mol. The number of methoxy groups -OCH3 is 1. The Morgan fingerprint density at radius 1 is 1.21 bits per heavy atom. The van der Waals surface area contributed by atoms with Crippen LogP contribution < -0.4 is 20.3 Å². The zero-order valence-electron chi connectivity index (χ0n) is 17.4. The number of nitrogens with one attached hydrogen (secondary N) is 2. The third-order valence-corrected chi connectivity index (χ3v) is 5.32. The molecule has 1 saturated heterocycles. The van der Waals surface area contributed by atoms with E-state index < -0.39 is 0 Å². The van der Waals surface area contributed by atoms with Gasteiger partial charge in [-0.15, -0.1) is 0 Å². The Hall–Kier alpha value is -2.74. The Morgan fingerprint density at radius 2 is 1.97 bits per heavy atom. The predicted molar refractivity (Wildman–Crippen MR) is 111 cm³/mol. The van der Waals surface area contributed by atoms with Crippen LogP contribution in [0.1, 0.15) is 20.3 Å². The zero-order valence-corrected chi connectivity index (χ0v) is 17.4. The largest absolute Gasteiger partial charge is 0.497 e. The number of nitrogens with zero attached hydrogens (tertiary/aromatic N) is 2. The molecule has 0 aromatic heterocycles. The van der Waals surface area contributed by atoms with Crippen LogP contribution in [0.15, 0.2) is 35.5 Å². The van der Waals surface area contributed by atoms with E-state index in [-0.39, 0.29) is 18.0 Å². The molecule has 2 N–H and O–H groups in total. The lowest BCUT2D eigenvalue weighted by atomic mass is 10.00. The summed E-state index contributed by atoms with van der Waals surface area (Å²) in [4.78, 5) is 29.1. The maximum absolute atomic E-state index is 12.5. The summed E-state index contributed by atoms with van der Waals surface area (Å²) >= 11 is 0. The van der Waals surface area contributed by atoms with Crippen molar-refractivity contribution < 1.29 is 19.1 Å². The Bertz CT molecular complexity index is 772. The van der Waals surface area contributed by atoms with Crippen molar-refractivity contribution in [1.82, 2.24) is 15.5 Å². The lowest BCUT2D eigenvalue weighted by molar-refractivity contribution is -0.139. The monoisotopic (exact) mass is 402 g/mol. The minimum Gasteiger partial charge on any atom is -0.497 e. The quantitative estimate of drug-likeness (QED) is 0.676. The van der Waals surface area contributed by atoms with Crippen molar-refractivity contribution in [1.29, 1.82) is 0 Å². The van der Waals surface area contributed by atoms with Gasteiger partial charge in [0.2, 0.25) is 0 Å². The van der Waals surface area contributed by atoms with E-state index in [1.54, 1.807) is 14.0 Å². The van der Waals surface area contributed by atoms with E-state index in [1.165, 1.54) is 0 Å². The van der Waals surface area contributed by atoms with E-state index in [0.29, 0.717) is 30.8 Å². The van der Waals surface area contributed by atoms with E-state index in [0.717, 1.165) is 37.6 Å². The van der Waals surface area contributed by atoms with Gasteiger partial charge in [-0.2, -0.15) is 0 Å². The molecule has 29 heavy (non-hydrogen) atoms. The SMILES string of the molecule is CCOC(=O)C1=C(CN2CCN(c3cccc(OC)c3)CC2)NC(=O)N[C@@H]1CC. The molecule has 1 aromatic rings. The molecule has 158 valence electrons. The topological polar surface area (TPSA) is 83.1 Å². The van der Waals surface area contributed by atoms with Crippen molar-refractivity contribution in [3.8, 4) is 5.75 Å². The molecule has 0 aliphatic carbocycles. The van der Waals surface area contributed by atoms with E-state index in [4.69, 9.17) is 9.47 Å². The van der Waals surface area contributed by atoms with Gasteiger partial charge in [-0.3, -0.25) is 4.90 Å². The van der Waals surface area contributed by atoms with Crippen LogP contribution in [-0.4, -0.2) is 69.4 Å². The highest BCUT2D eigenvalue weighted by Gasteiger charge is 2.32. The van der Waals surface area contributed by atoms with Crippen molar-refractivity contribution in [2.24, 2.45) is 0 Å². The van der Waals surface area contributed by atoms with Gasteiger partial charge < -0.3 is 25.0 Å².